The van der Waals surface area contributed by atoms with Gasteiger partial charge in [-0.3, -0.25) is 4.79 Å². The molecule has 0 saturated carbocycles. The zero-order valence-corrected chi connectivity index (χ0v) is 9.03. The van der Waals surface area contributed by atoms with Crippen LogP contribution in [0.4, 0.5) is 4.39 Å². The summed E-state index contributed by atoms with van der Waals surface area (Å²) in [7, 11) is 0. The number of carbonyl (C=O) groups excluding carboxylic acids is 1. The third-order valence-corrected chi connectivity index (χ3v) is 2.97. The van der Waals surface area contributed by atoms with Crippen molar-refractivity contribution in [2.45, 2.75) is 6.54 Å². The molecular weight excluding hydrogens is 217 g/mol. The van der Waals surface area contributed by atoms with E-state index in [0.29, 0.717) is 12.1 Å². The summed E-state index contributed by atoms with van der Waals surface area (Å²) in [5.41, 5.74) is 3.22. The van der Waals surface area contributed by atoms with E-state index in [1.807, 2.05) is 18.2 Å². The summed E-state index contributed by atoms with van der Waals surface area (Å²) in [6.07, 6.45) is 0. The van der Waals surface area contributed by atoms with Crippen LogP contribution in [0.1, 0.15) is 15.9 Å². The van der Waals surface area contributed by atoms with Crippen LogP contribution in [0.15, 0.2) is 42.5 Å². The van der Waals surface area contributed by atoms with Gasteiger partial charge in [0.25, 0.3) is 5.91 Å². The van der Waals surface area contributed by atoms with Crippen molar-refractivity contribution in [3.05, 3.63) is 59.4 Å². The van der Waals surface area contributed by atoms with Gasteiger partial charge in [0.1, 0.15) is 5.82 Å². The highest BCUT2D eigenvalue weighted by Gasteiger charge is 2.19. The largest absolute Gasteiger partial charge is 0.348 e. The Morgan fingerprint density at radius 1 is 1.00 bits per heavy atom. The van der Waals surface area contributed by atoms with Crippen LogP contribution in [0.25, 0.3) is 11.1 Å². The molecule has 1 N–H and O–H groups in total. The fourth-order valence-corrected chi connectivity index (χ4v) is 2.16. The van der Waals surface area contributed by atoms with Crippen LogP contribution in [0, 0.1) is 5.82 Å². The molecule has 2 aromatic carbocycles. The van der Waals surface area contributed by atoms with Gasteiger partial charge in [0, 0.05) is 12.1 Å². The van der Waals surface area contributed by atoms with Crippen molar-refractivity contribution in [1.82, 2.24) is 5.32 Å². The van der Waals surface area contributed by atoms with Crippen molar-refractivity contribution in [2.24, 2.45) is 0 Å². The molecule has 17 heavy (non-hydrogen) atoms. The molecule has 1 amide bonds. The van der Waals surface area contributed by atoms with Crippen LogP contribution < -0.4 is 5.32 Å². The Morgan fingerprint density at radius 3 is 2.59 bits per heavy atom. The fourth-order valence-electron chi connectivity index (χ4n) is 2.16. The number of hydrogen-bond donors (Lipinski definition) is 1. The molecule has 1 heterocycles. The second-order valence-corrected chi connectivity index (χ2v) is 4.03. The minimum absolute atomic E-state index is 0.114. The predicted octanol–water partition coefficient (Wildman–Crippen LogP) is 2.74. The van der Waals surface area contributed by atoms with Gasteiger partial charge in [-0.1, -0.05) is 24.3 Å². The molecule has 0 bridgehead atoms. The smallest absolute Gasteiger partial charge is 0.252 e. The molecule has 0 fully saturated rings. The molecule has 0 aromatic heterocycles. The van der Waals surface area contributed by atoms with Crippen molar-refractivity contribution in [1.29, 1.82) is 0 Å². The van der Waals surface area contributed by atoms with Crippen LogP contribution in [-0.2, 0) is 6.54 Å². The zero-order valence-electron chi connectivity index (χ0n) is 9.03. The minimum Gasteiger partial charge on any atom is -0.348 e. The first-order chi connectivity index (χ1) is 8.25. The van der Waals surface area contributed by atoms with Gasteiger partial charge in [-0.2, -0.15) is 0 Å². The van der Waals surface area contributed by atoms with Crippen LogP contribution in [0.3, 0.4) is 0 Å². The quantitative estimate of drug-likeness (QED) is 0.736. The first-order valence-corrected chi connectivity index (χ1v) is 5.42. The Balaban J connectivity index is 2.30. The normalized spacial score (nSPS) is 13.4. The Labute approximate surface area is 98.1 Å². The highest BCUT2D eigenvalue weighted by atomic mass is 19.1. The first kappa shape index (κ1) is 10.0. The molecule has 1 aliphatic rings. The van der Waals surface area contributed by atoms with Gasteiger partial charge in [0.15, 0.2) is 0 Å². The lowest BCUT2D eigenvalue weighted by Crippen LogP contribution is -2.21. The molecule has 84 valence electrons. The van der Waals surface area contributed by atoms with Crippen molar-refractivity contribution >= 4 is 5.91 Å². The number of nitrogens with one attached hydrogen (secondary N) is 1. The third kappa shape index (κ3) is 1.60. The van der Waals surface area contributed by atoms with Crippen LogP contribution >= 0.6 is 0 Å². The van der Waals surface area contributed by atoms with E-state index in [1.54, 1.807) is 12.1 Å². The van der Waals surface area contributed by atoms with Gasteiger partial charge in [-0.15, -0.1) is 0 Å². The first-order valence-electron chi connectivity index (χ1n) is 5.42. The highest BCUT2D eigenvalue weighted by molar-refractivity contribution is 6.02. The van der Waals surface area contributed by atoms with E-state index in [-0.39, 0.29) is 11.7 Å². The molecule has 0 aliphatic carbocycles. The summed E-state index contributed by atoms with van der Waals surface area (Å²) in [6.45, 7) is 0.362. The molecule has 0 unspecified atom stereocenters. The average Bonchev–Trinajstić information content (AvgIpc) is 2.48. The van der Waals surface area contributed by atoms with E-state index in [9.17, 15) is 9.18 Å². The fraction of sp³-hybridized carbons (Fsp3) is 0.0714. The summed E-state index contributed by atoms with van der Waals surface area (Å²) in [5, 5.41) is 2.78. The Kier molecular flexibility index (Phi) is 2.18. The lowest BCUT2D eigenvalue weighted by atomic mass is 9.96. The topological polar surface area (TPSA) is 29.1 Å². The number of carbonyl (C=O) groups is 1. The van der Waals surface area contributed by atoms with Crippen molar-refractivity contribution in [2.75, 3.05) is 0 Å². The number of hydrogen-bond acceptors (Lipinski definition) is 1. The van der Waals surface area contributed by atoms with Crippen LogP contribution in [0.2, 0.25) is 0 Å². The SMILES string of the molecule is O=C1NCc2cc(F)ccc2-c2ccccc21. The van der Waals surface area contributed by atoms with Crippen molar-refractivity contribution in [3.63, 3.8) is 0 Å². The predicted molar refractivity (Wildman–Crippen MR) is 63.0 cm³/mol. The van der Waals surface area contributed by atoms with Crippen molar-refractivity contribution in [3.8, 4) is 11.1 Å². The summed E-state index contributed by atoms with van der Waals surface area (Å²) < 4.78 is 13.2. The number of benzene rings is 2. The lowest BCUT2D eigenvalue weighted by Gasteiger charge is -2.07. The van der Waals surface area contributed by atoms with Crippen LogP contribution in [-0.4, -0.2) is 5.91 Å². The van der Waals surface area contributed by atoms with Crippen LogP contribution in [0.5, 0.6) is 0 Å². The number of fused-ring (bicyclic) bond motifs is 3. The van der Waals surface area contributed by atoms with E-state index < -0.39 is 0 Å². The minimum atomic E-state index is -0.280. The second-order valence-electron chi connectivity index (χ2n) is 4.03. The lowest BCUT2D eigenvalue weighted by molar-refractivity contribution is 0.0953. The summed E-state index contributed by atoms with van der Waals surface area (Å²) in [5.74, 6) is -0.394. The van der Waals surface area contributed by atoms with Gasteiger partial charge in [0.2, 0.25) is 0 Å². The monoisotopic (exact) mass is 227 g/mol. The van der Waals surface area contributed by atoms with E-state index in [1.165, 1.54) is 12.1 Å². The molecule has 0 saturated heterocycles. The third-order valence-electron chi connectivity index (χ3n) is 2.97. The number of halogens is 1. The van der Waals surface area contributed by atoms with E-state index in [2.05, 4.69) is 5.32 Å². The Morgan fingerprint density at radius 2 is 1.76 bits per heavy atom. The van der Waals surface area contributed by atoms with E-state index in [0.717, 1.165) is 16.7 Å². The number of rotatable bonds is 0. The zero-order chi connectivity index (χ0) is 11.8. The van der Waals surface area contributed by atoms with Gasteiger partial charge < -0.3 is 5.32 Å². The highest BCUT2D eigenvalue weighted by Crippen LogP contribution is 2.29. The van der Waals surface area contributed by atoms with Gasteiger partial charge >= 0.3 is 0 Å². The molecule has 0 radical (unpaired) electrons. The van der Waals surface area contributed by atoms with E-state index >= 15 is 0 Å². The van der Waals surface area contributed by atoms with Crippen molar-refractivity contribution < 1.29 is 9.18 Å². The summed E-state index contributed by atoms with van der Waals surface area (Å²) in [4.78, 5) is 11.9. The van der Waals surface area contributed by atoms with Gasteiger partial charge in [0.05, 0.1) is 0 Å². The molecule has 2 aromatic rings. The molecule has 3 heteroatoms. The molecule has 0 atom stereocenters. The Bertz CT molecular complexity index is 607. The molecule has 2 nitrogen and oxygen atoms in total. The summed E-state index contributed by atoms with van der Waals surface area (Å²) >= 11 is 0. The van der Waals surface area contributed by atoms with Gasteiger partial charge in [-0.25, -0.2) is 4.39 Å². The molecular formula is C14H10FNO. The average molecular weight is 227 g/mol. The molecule has 1 aliphatic heterocycles. The molecule has 0 spiro atoms. The van der Waals surface area contributed by atoms with E-state index in [4.69, 9.17) is 0 Å². The maximum absolute atomic E-state index is 13.2. The number of amides is 1. The maximum atomic E-state index is 13.2. The summed E-state index contributed by atoms with van der Waals surface area (Å²) in [6, 6.07) is 12.0. The molecule has 3 rings (SSSR count). The standard InChI is InChI=1S/C14H10FNO/c15-10-5-6-11-9(7-10)8-16-14(17)13-4-2-1-3-12(11)13/h1-7H,8H2,(H,16,17). The maximum Gasteiger partial charge on any atom is 0.252 e. The Hall–Kier alpha value is -2.16. The van der Waals surface area contributed by atoms with Gasteiger partial charge in [-0.05, 0) is 34.9 Å². The second kappa shape index (κ2) is 3.70.